The van der Waals surface area contributed by atoms with Gasteiger partial charge in [-0.25, -0.2) is 4.79 Å². The van der Waals surface area contributed by atoms with E-state index in [4.69, 9.17) is 4.74 Å². The first-order valence-electron chi connectivity index (χ1n) is 11.8. The molecule has 1 aromatic heterocycles. The average Bonchev–Trinajstić information content (AvgIpc) is 3.13. The number of carbonyl (C=O) groups is 1. The third-order valence-corrected chi connectivity index (χ3v) is 7.86. The molecule has 4 rings (SSSR count). The number of carbonyl (C=O) groups excluding carboxylic acids is 1. The van der Waals surface area contributed by atoms with Crippen molar-refractivity contribution in [1.29, 1.82) is 0 Å². The summed E-state index contributed by atoms with van der Waals surface area (Å²) in [5.74, 6) is 0.617. The van der Waals surface area contributed by atoms with Gasteiger partial charge >= 0.3 is 6.09 Å². The van der Waals surface area contributed by atoms with Gasteiger partial charge in [0, 0.05) is 16.4 Å². The molecule has 1 N–H and O–H groups in total. The zero-order chi connectivity index (χ0) is 20.9. The minimum Gasteiger partial charge on any atom is -0.446 e. The van der Waals surface area contributed by atoms with E-state index in [9.17, 15) is 4.79 Å². The molecule has 2 fully saturated rings. The maximum Gasteiger partial charge on any atom is 0.411 e. The van der Waals surface area contributed by atoms with Crippen LogP contribution < -0.4 is 5.32 Å². The summed E-state index contributed by atoms with van der Waals surface area (Å²) in [7, 11) is 0. The number of ether oxygens (including phenoxy) is 1. The van der Waals surface area contributed by atoms with Gasteiger partial charge in [-0.15, -0.1) is 11.3 Å². The van der Waals surface area contributed by atoms with Crippen LogP contribution in [0.25, 0.3) is 10.1 Å². The van der Waals surface area contributed by atoms with Crippen LogP contribution in [0.2, 0.25) is 0 Å². The number of rotatable bonds is 4. The van der Waals surface area contributed by atoms with Gasteiger partial charge in [-0.2, -0.15) is 0 Å². The molecule has 30 heavy (non-hydrogen) atoms. The van der Waals surface area contributed by atoms with Gasteiger partial charge < -0.3 is 9.64 Å². The number of nitrogens with one attached hydrogen (secondary N) is 1. The molecule has 0 radical (unpaired) electrons. The maximum absolute atomic E-state index is 12.5. The third-order valence-electron chi connectivity index (χ3n) is 6.88. The number of thiophene rings is 1. The predicted molar refractivity (Wildman–Crippen MR) is 127 cm³/mol. The number of nitrogens with zero attached hydrogens (tertiary/aromatic N) is 1. The molecule has 4 nitrogen and oxygen atoms in total. The molecule has 2 aliphatic rings. The number of piperidine rings is 1. The molecule has 0 spiro atoms. The SMILES string of the molecule is CC(C)N1CCC(c2csc3ccc(NC(=O)OC4CCCCCCC4)cc23)CC1. The topological polar surface area (TPSA) is 41.6 Å². The van der Waals surface area contributed by atoms with Crippen LogP contribution in [0.15, 0.2) is 23.6 Å². The number of benzene rings is 1. The van der Waals surface area contributed by atoms with E-state index >= 15 is 0 Å². The number of likely N-dealkylation sites (tertiary alicyclic amines) is 1. The Morgan fingerprint density at radius 3 is 2.47 bits per heavy atom. The van der Waals surface area contributed by atoms with Crippen molar-refractivity contribution in [3.05, 3.63) is 29.1 Å². The van der Waals surface area contributed by atoms with Crippen LogP contribution in [0.3, 0.4) is 0 Å². The fraction of sp³-hybridized carbons (Fsp3) is 0.640. The first-order chi connectivity index (χ1) is 14.6. The highest BCUT2D eigenvalue weighted by Crippen LogP contribution is 2.38. The van der Waals surface area contributed by atoms with Crippen LogP contribution in [0.5, 0.6) is 0 Å². The molecule has 1 amide bonds. The van der Waals surface area contributed by atoms with Crippen LogP contribution in [0.1, 0.15) is 83.1 Å². The Labute approximate surface area is 185 Å². The van der Waals surface area contributed by atoms with Gasteiger partial charge in [-0.1, -0.05) is 19.3 Å². The number of amides is 1. The molecular weight excluding hydrogens is 392 g/mol. The first-order valence-corrected chi connectivity index (χ1v) is 12.7. The van der Waals surface area contributed by atoms with Crippen LogP contribution in [-0.4, -0.2) is 36.2 Å². The average molecular weight is 429 g/mol. The van der Waals surface area contributed by atoms with Crippen LogP contribution in [0.4, 0.5) is 10.5 Å². The minimum absolute atomic E-state index is 0.0666. The number of fused-ring (bicyclic) bond motifs is 1. The molecule has 1 aromatic carbocycles. The monoisotopic (exact) mass is 428 g/mol. The van der Waals surface area contributed by atoms with Gasteiger partial charge in [0.1, 0.15) is 6.10 Å². The van der Waals surface area contributed by atoms with Crippen LogP contribution in [0, 0.1) is 0 Å². The number of anilines is 1. The van der Waals surface area contributed by atoms with Gasteiger partial charge in [0.05, 0.1) is 0 Å². The smallest absolute Gasteiger partial charge is 0.411 e. The highest BCUT2D eigenvalue weighted by atomic mass is 32.1. The zero-order valence-electron chi connectivity index (χ0n) is 18.5. The standard InChI is InChI=1S/C25H36N2O2S/c1-18(2)27-14-12-19(13-15-27)23-17-30-24-11-10-20(16-22(23)24)26-25(28)29-21-8-6-4-3-5-7-9-21/h10-11,16-19,21H,3-9,12-15H2,1-2H3,(H,26,28). The lowest BCUT2D eigenvalue weighted by molar-refractivity contribution is 0.0933. The maximum atomic E-state index is 12.5. The fourth-order valence-electron chi connectivity index (χ4n) is 5.00. The summed E-state index contributed by atoms with van der Waals surface area (Å²) in [4.78, 5) is 15.1. The molecule has 0 bridgehead atoms. The van der Waals surface area contributed by atoms with E-state index in [0.29, 0.717) is 12.0 Å². The lowest BCUT2D eigenvalue weighted by Gasteiger charge is -2.34. The van der Waals surface area contributed by atoms with E-state index in [2.05, 4.69) is 41.6 Å². The highest BCUT2D eigenvalue weighted by Gasteiger charge is 2.24. The summed E-state index contributed by atoms with van der Waals surface area (Å²) < 4.78 is 7.05. The molecule has 0 atom stereocenters. The molecule has 1 aliphatic heterocycles. The Morgan fingerprint density at radius 1 is 1.07 bits per heavy atom. The molecule has 0 unspecified atom stereocenters. The largest absolute Gasteiger partial charge is 0.446 e. The van der Waals surface area contributed by atoms with E-state index in [1.807, 2.05) is 17.4 Å². The molecular formula is C25H36N2O2S. The third kappa shape index (κ3) is 5.36. The zero-order valence-corrected chi connectivity index (χ0v) is 19.3. The molecule has 5 heteroatoms. The van der Waals surface area contributed by atoms with Crippen molar-refractivity contribution in [2.24, 2.45) is 0 Å². The summed E-state index contributed by atoms with van der Waals surface area (Å²) in [6.45, 7) is 6.92. The second-order valence-corrected chi connectivity index (χ2v) is 10.2. The van der Waals surface area contributed by atoms with Crippen molar-refractivity contribution in [3.8, 4) is 0 Å². The molecule has 2 heterocycles. The second kappa shape index (κ2) is 10.1. The van der Waals surface area contributed by atoms with E-state index in [0.717, 1.165) is 31.4 Å². The molecule has 164 valence electrons. The van der Waals surface area contributed by atoms with Crippen molar-refractivity contribution in [2.75, 3.05) is 18.4 Å². The lowest BCUT2D eigenvalue weighted by Crippen LogP contribution is -2.37. The highest BCUT2D eigenvalue weighted by molar-refractivity contribution is 7.17. The summed E-state index contributed by atoms with van der Waals surface area (Å²) in [5.41, 5.74) is 2.30. The Bertz CT molecular complexity index is 831. The second-order valence-electron chi connectivity index (χ2n) is 9.30. The van der Waals surface area contributed by atoms with E-state index in [1.54, 1.807) is 0 Å². The predicted octanol–water partition coefficient (Wildman–Crippen LogP) is 7.15. The Balaban J connectivity index is 1.40. The van der Waals surface area contributed by atoms with Gasteiger partial charge in [0.2, 0.25) is 0 Å². The van der Waals surface area contributed by atoms with E-state index < -0.39 is 0 Å². The van der Waals surface area contributed by atoms with Gasteiger partial charge in [-0.3, -0.25) is 5.32 Å². The van der Waals surface area contributed by atoms with Gasteiger partial charge in [-0.05, 0) is 106 Å². The fourth-order valence-corrected chi connectivity index (χ4v) is 6.03. The summed E-state index contributed by atoms with van der Waals surface area (Å²) >= 11 is 1.82. The molecule has 1 saturated heterocycles. The minimum atomic E-state index is -0.304. The molecule has 1 aliphatic carbocycles. The summed E-state index contributed by atoms with van der Waals surface area (Å²) in [6, 6.07) is 6.92. The van der Waals surface area contributed by atoms with Crippen molar-refractivity contribution in [3.63, 3.8) is 0 Å². The first kappa shape index (κ1) is 21.6. The number of hydrogen-bond acceptors (Lipinski definition) is 4. The summed E-state index contributed by atoms with van der Waals surface area (Å²) in [6.07, 6.45) is 10.3. The van der Waals surface area contributed by atoms with Crippen molar-refractivity contribution in [2.45, 2.75) is 89.7 Å². The van der Waals surface area contributed by atoms with Crippen molar-refractivity contribution >= 4 is 33.2 Å². The molecule has 2 aromatic rings. The Kier molecular flexibility index (Phi) is 7.32. The normalized spacial score (nSPS) is 20.2. The van der Waals surface area contributed by atoms with Crippen LogP contribution >= 0.6 is 11.3 Å². The van der Waals surface area contributed by atoms with E-state index in [1.165, 1.54) is 60.8 Å². The quantitative estimate of drug-likeness (QED) is 0.562. The lowest BCUT2D eigenvalue weighted by atomic mass is 9.88. The van der Waals surface area contributed by atoms with E-state index in [-0.39, 0.29) is 12.2 Å². The Hall–Kier alpha value is -1.59. The van der Waals surface area contributed by atoms with Gasteiger partial charge in [0.25, 0.3) is 0 Å². The molecule has 1 saturated carbocycles. The van der Waals surface area contributed by atoms with Crippen molar-refractivity contribution < 1.29 is 9.53 Å². The Morgan fingerprint density at radius 2 is 1.77 bits per heavy atom. The van der Waals surface area contributed by atoms with Crippen molar-refractivity contribution in [1.82, 2.24) is 4.90 Å². The van der Waals surface area contributed by atoms with Gasteiger partial charge in [0.15, 0.2) is 0 Å². The number of hydrogen-bond donors (Lipinski definition) is 1. The van der Waals surface area contributed by atoms with Crippen LogP contribution in [-0.2, 0) is 4.74 Å². The summed E-state index contributed by atoms with van der Waals surface area (Å²) in [5, 5.41) is 6.62.